The molecule has 0 saturated heterocycles. The molecule has 2 heterocycles. The van der Waals surface area contributed by atoms with Crippen molar-refractivity contribution >= 4 is 0 Å². The maximum absolute atomic E-state index is 12.3. The molecule has 16 heavy (non-hydrogen) atoms. The first-order valence-electron chi connectivity index (χ1n) is 4.75. The number of halogens is 2. The van der Waals surface area contributed by atoms with Crippen molar-refractivity contribution in [2.75, 3.05) is 0 Å². The Morgan fingerprint density at radius 3 is 2.56 bits per heavy atom. The van der Waals surface area contributed by atoms with Crippen molar-refractivity contribution in [2.24, 2.45) is 0 Å². The van der Waals surface area contributed by atoms with Crippen LogP contribution < -0.4 is 0 Å². The maximum Gasteiger partial charge on any atom is 0.333 e. The Morgan fingerprint density at radius 1 is 1.31 bits per heavy atom. The smallest absolute Gasteiger partial charge is 0.333 e. The summed E-state index contributed by atoms with van der Waals surface area (Å²) in [5.74, 6) is 0.711. The van der Waals surface area contributed by atoms with Crippen molar-refractivity contribution in [3.05, 3.63) is 18.2 Å². The van der Waals surface area contributed by atoms with Crippen LogP contribution in [0.3, 0.4) is 0 Å². The van der Waals surface area contributed by atoms with Crippen LogP contribution in [-0.4, -0.2) is 20.0 Å². The van der Waals surface area contributed by atoms with E-state index < -0.39 is 6.55 Å². The summed E-state index contributed by atoms with van der Waals surface area (Å²) in [7, 11) is 0. The Balaban J connectivity index is 2.28. The molecule has 0 bridgehead atoms. The summed E-state index contributed by atoms with van der Waals surface area (Å²) in [6.07, 6.45) is 1.17. The fourth-order valence-electron chi connectivity index (χ4n) is 1.13. The predicted octanol–water partition coefficient (Wildman–Crippen LogP) is 2.45. The van der Waals surface area contributed by atoms with Gasteiger partial charge in [0.15, 0.2) is 0 Å². The lowest BCUT2D eigenvalue weighted by atomic mass is 10.2. The van der Waals surface area contributed by atoms with E-state index in [1.165, 1.54) is 12.3 Å². The zero-order chi connectivity index (χ0) is 11.7. The molecule has 0 spiro atoms. The highest BCUT2D eigenvalue weighted by molar-refractivity contribution is 5.44. The number of nitrogens with zero attached hydrogens (tertiary/aromatic N) is 4. The van der Waals surface area contributed by atoms with Crippen molar-refractivity contribution < 1.29 is 13.2 Å². The fraction of sp³-hybridized carbons (Fsp3) is 0.444. The van der Waals surface area contributed by atoms with Crippen LogP contribution in [0.25, 0.3) is 11.6 Å². The standard InChI is InChI=1S/C9H10F2N4O/c1-5(2)7-12-13-8(16-7)6-3-4-15(14-6)9(10)11/h3-5,9H,1-2H3. The van der Waals surface area contributed by atoms with Crippen molar-refractivity contribution in [2.45, 2.75) is 26.3 Å². The molecule has 2 aromatic rings. The summed E-state index contributed by atoms with van der Waals surface area (Å²) >= 11 is 0. The molecule has 86 valence electrons. The topological polar surface area (TPSA) is 56.7 Å². The molecule has 0 aliphatic rings. The van der Waals surface area contributed by atoms with E-state index in [1.54, 1.807) is 0 Å². The second-order valence-electron chi connectivity index (χ2n) is 3.56. The fourth-order valence-corrected chi connectivity index (χ4v) is 1.13. The van der Waals surface area contributed by atoms with Crippen molar-refractivity contribution in [1.82, 2.24) is 20.0 Å². The molecule has 5 nitrogen and oxygen atoms in total. The molecular formula is C9H10F2N4O. The maximum atomic E-state index is 12.3. The van der Waals surface area contributed by atoms with E-state index >= 15 is 0 Å². The number of hydrogen-bond donors (Lipinski definition) is 0. The van der Waals surface area contributed by atoms with E-state index in [-0.39, 0.29) is 17.5 Å². The summed E-state index contributed by atoms with van der Waals surface area (Å²) in [4.78, 5) is 0. The molecule has 0 fully saturated rings. The Kier molecular flexibility index (Phi) is 2.67. The van der Waals surface area contributed by atoms with Gasteiger partial charge in [0.05, 0.1) is 0 Å². The Labute approximate surface area is 90.1 Å². The SMILES string of the molecule is CC(C)c1nnc(-c2ccn(C(F)F)n2)o1. The lowest BCUT2D eigenvalue weighted by Gasteiger charge is -1.95. The number of hydrogen-bond acceptors (Lipinski definition) is 4. The minimum absolute atomic E-state index is 0.0958. The molecule has 2 rings (SSSR count). The summed E-state index contributed by atoms with van der Waals surface area (Å²) in [5.41, 5.74) is 0.250. The number of alkyl halides is 2. The van der Waals surface area contributed by atoms with Gasteiger partial charge in [-0.25, -0.2) is 4.68 Å². The van der Waals surface area contributed by atoms with Crippen molar-refractivity contribution in [1.29, 1.82) is 0 Å². The van der Waals surface area contributed by atoms with Gasteiger partial charge < -0.3 is 4.42 Å². The third-order valence-electron chi connectivity index (χ3n) is 1.96. The largest absolute Gasteiger partial charge is 0.419 e. The van der Waals surface area contributed by atoms with Crippen LogP contribution >= 0.6 is 0 Å². The molecular weight excluding hydrogens is 218 g/mol. The highest BCUT2D eigenvalue weighted by atomic mass is 19.3. The number of aromatic nitrogens is 4. The van der Waals surface area contributed by atoms with Crippen LogP contribution in [0.4, 0.5) is 8.78 Å². The van der Waals surface area contributed by atoms with Gasteiger partial charge in [-0.05, 0) is 6.07 Å². The van der Waals surface area contributed by atoms with Crippen molar-refractivity contribution in [3.8, 4) is 11.6 Å². The normalized spacial score (nSPS) is 11.6. The van der Waals surface area contributed by atoms with Crippen LogP contribution in [0.2, 0.25) is 0 Å². The van der Waals surface area contributed by atoms with Crippen LogP contribution in [-0.2, 0) is 0 Å². The summed E-state index contributed by atoms with van der Waals surface area (Å²) < 4.78 is 30.3. The van der Waals surface area contributed by atoms with Gasteiger partial charge in [0, 0.05) is 12.1 Å². The van der Waals surface area contributed by atoms with Gasteiger partial charge in [-0.2, -0.15) is 13.9 Å². The van der Waals surface area contributed by atoms with E-state index in [0.29, 0.717) is 10.6 Å². The first-order valence-corrected chi connectivity index (χ1v) is 4.75. The lowest BCUT2D eigenvalue weighted by Crippen LogP contribution is -1.98. The molecule has 2 aromatic heterocycles. The van der Waals surface area contributed by atoms with Gasteiger partial charge in [-0.1, -0.05) is 13.8 Å². The number of rotatable bonds is 3. The van der Waals surface area contributed by atoms with Gasteiger partial charge in [0.2, 0.25) is 5.89 Å². The van der Waals surface area contributed by atoms with E-state index in [2.05, 4.69) is 15.3 Å². The summed E-state index contributed by atoms with van der Waals surface area (Å²) in [6, 6.07) is 1.41. The first-order chi connectivity index (χ1) is 7.58. The molecule has 0 radical (unpaired) electrons. The molecule has 0 saturated carbocycles. The van der Waals surface area contributed by atoms with Crippen molar-refractivity contribution in [3.63, 3.8) is 0 Å². The zero-order valence-electron chi connectivity index (χ0n) is 8.76. The van der Waals surface area contributed by atoms with Gasteiger partial charge in [-0.3, -0.25) is 0 Å². The lowest BCUT2D eigenvalue weighted by molar-refractivity contribution is 0.0568. The minimum Gasteiger partial charge on any atom is -0.419 e. The monoisotopic (exact) mass is 228 g/mol. The van der Waals surface area contributed by atoms with E-state index in [4.69, 9.17) is 4.42 Å². The van der Waals surface area contributed by atoms with Gasteiger partial charge >= 0.3 is 6.55 Å². The second kappa shape index (κ2) is 3.99. The Morgan fingerprint density at radius 2 is 2.06 bits per heavy atom. The highest BCUT2D eigenvalue weighted by Gasteiger charge is 2.15. The average Bonchev–Trinajstić information content (AvgIpc) is 2.86. The van der Waals surface area contributed by atoms with Gasteiger partial charge in [-0.15, -0.1) is 10.2 Å². The summed E-state index contributed by atoms with van der Waals surface area (Å²) in [5, 5.41) is 11.2. The molecule has 0 atom stereocenters. The summed E-state index contributed by atoms with van der Waals surface area (Å²) in [6.45, 7) is 1.13. The van der Waals surface area contributed by atoms with E-state index in [9.17, 15) is 8.78 Å². The Bertz CT molecular complexity index is 433. The molecule has 7 heteroatoms. The van der Waals surface area contributed by atoms with E-state index in [0.717, 1.165) is 0 Å². The highest BCUT2D eigenvalue weighted by Crippen LogP contribution is 2.20. The Hall–Kier alpha value is -1.79. The molecule has 0 aromatic carbocycles. The average molecular weight is 228 g/mol. The predicted molar refractivity (Wildman–Crippen MR) is 50.9 cm³/mol. The van der Waals surface area contributed by atoms with E-state index in [1.807, 2.05) is 13.8 Å². The van der Waals surface area contributed by atoms with Crippen LogP contribution in [0, 0.1) is 0 Å². The van der Waals surface area contributed by atoms with Crippen LogP contribution in [0.5, 0.6) is 0 Å². The molecule has 0 aliphatic heterocycles. The molecule has 0 amide bonds. The molecule has 0 unspecified atom stereocenters. The second-order valence-corrected chi connectivity index (χ2v) is 3.56. The molecule has 0 N–H and O–H groups in total. The first kappa shape index (κ1) is 10.7. The minimum atomic E-state index is -2.67. The van der Waals surface area contributed by atoms with Gasteiger partial charge in [0.1, 0.15) is 5.69 Å². The van der Waals surface area contributed by atoms with Crippen LogP contribution in [0.15, 0.2) is 16.7 Å². The molecule has 0 aliphatic carbocycles. The third kappa shape index (κ3) is 1.93. The van der Waals surface area contributed by atoms with Gasteiger partial charge in [0.25, 0.3) is 5.89 Å². The zero-order valence-corrected chi connectivity index (χ0v) is 8.76. The van der Waals surface area contributed by atoms with Crippen LogP contribution in [0.1, 0.15) is 32.2 Å². The quantitative estimate of drug-likeness (QED) is 0.809. The third-order valence-corrected chi connectivity index (χ3v) is 1.96.